The van der Waals surface area contributed by atoms with E-state index in [2.05, 4.69) is 9.97 Å². The normalized spacial score (nSPS) is 17.4. The lowest BCUT2D eigenvalue weighted by Gasteiger charge is -2.19. The van der Waals surface area contributed by atoms with Gasteiger partial charge in [-0.2, -0.15) is 4.98 Å². The number of nitrogens with zero attached hydrogens (tertiary/aromatic N) is 1. The molecule has 0 aromatic carbocycles. The molecule has 24 heavy (non-hydrogen) atoms. The zero-order valence-electron chi connectivity index (χ0n) is 14.0. The van der Waals surface area contributed by atoms with Gasteiger partial charge < -0.3 is 9.72 Å². The summed E-state index contributed by atoms with van der Waals surface area (Å²) in [5.74, 6) is -1.07. The number of nitrogens with one attached hydrogen (secondary N) is 1. The van der Waals surface area contributed by atoms with Gasteiger partial charge in [0, 0.05) is 17.2 Å². The fraction of sp³-hybridized carbons (Fsp3) is 0.389. The molecule has 5 nitrogen and oxygen atoms in total. The van der Waals surface area contributed by atoms with Crippen LogP contribution in [0.15, 0.2) is 41.0 Å². The van der Waals surface area contributed by atoms with Crippen molar-refractivity contribution in [2.24, 2.45) is 0 Å². The van der Waals surface area contributed by atoms with Crippen molar-refractivity contribution in [1.29, 1.82) is 0 Å². The van der Waals surface area contributed by atoms with Gasteiger partial charge in [-0.15, -0.1) is 0 Å². The maximum atomic E-state index is 13.5. The molecule has 0 saturated heterocycles. The first-order valence-corrected chi connectivity index (χ1v) is 7.82. The van der Waals surface area contributed by atoms with E-state index in [0.717, 1.165) is 0 Å². The van der Waals surface area contributed by atoms with Crippen LogP contribution in [-0.4, -0.2) is 23.0 Å². The number of hydrogen-bond donors (Lipinski definition) is 1. The molecular formula is C18H21FN2O3. The van der Waals surface area contributed by atoms with Crippen molar-refractivity contribution in [1.82, 2.24) is 9.97 Å². The van der Waals surface area contributed by atoms with Gasteiger partial charge in [-0.05, 0) is 24.5 Å². The van der Waals surface area contributed by atoms with Gasteiger partial charge in [0.15, 0.2) is 0 Å². The molecule has 2 rings (SSSR count). The highest BCUT2D eigenvalue weighted by Crippen LogP contribution is 2.29. The van der Waals surface area contributed by atoms with Crippen LogP contribution in [0.3, 0.4) is 0 Å². The van der Waals surface area contributed by atoms with E-state index in [1.54, 1.807) is 12.2 Å². The molecule has 0 amide bonds. The van der Waals surface area contributed by atoms with Crippen LogP contribution in [0.2, 0.25) is 0 Å². The molecule has 0 aliphatic heterocycles. The Hall–Kier alpha value is -2.50. The first kappa shape index (κ1) is 17.8. The molecule has 1 aromatic heterocycles. The van der Waals surface area contributed by atoms with Gasteiger partial charge in [0.25, 0.3) is 0 Å². The van der Waals surface area contributed by atoms with E-state index in [9.17, 15) is 14.0 Å². The van der Waals surface area contributed by atoms with E-state index >= 15 is 0 Å². The Balaban J connectivity index is 2.58. The van der Waals surface area contributed by atoms with Gasteiger partial charge in [-0.1, -0.05) is 32.1 Å². The van der Waals surface area contributed by atoms with E-state index in [0.29, 0.717) is 23.4 Å². The van der Waals surface area contributed by atoms with Crippen molar-refractivity contribution in [3.05, 3.63) is 63.6 Å². The summed E-state index contributed by atoms with van der Waals surface area (Å²) in [6.45, 7) is 3.81. The molecule has 1 N–H and O–H groups in total. The van der Waals surface area contributed by atoms with Crippen molar-refractivity contribution in [2.45, 2.75) is 38.5 Å². The van der Waals surface area contributed by atoms with Crippen molar-refractivity contribution in [3.8, 4) is 0 Å². The second-order valence-electron chi connectivity index (χ2n) is 5.91. The number of ether oxygens (including phenoxy) is 1. The summed E-state index contributed by atoms with van der Waals surface area (Å²) < 4.78 is 18.3. The molecule has 0 fully saturated rings. The number of methoxy groups -OCH3 is 1. The summed E-state index contributed by atoms with van der Waals surface area (Å²) in [5, 5.41) is 0. The van der Waals surface area contributed by atoms with E-state index < -0.39 is 11.7 Å². The van der Waals surface area contributed by atoms with Crippen LogP contribution < -0.4 is 5.69 Å². The first-order valence-electron chi connectivity index (χ1n) is 7.82. The quantitative estimate of drug-likeness (QED) is 0.860. The van der Waals surface area contributed by atoms with Gasteiger partial charge in [0.2, 0.25) is 0 Å². The maximum Gasteiger partial charge on any atom is 0.345 e. The van der Waals surface area contributed by atoms with Crippen LogP contribution >= 0.6 is 0 Å². The van der Waals surface area contributed by atoms with Crippen LogP contribution in [0.1, 0.15) is 49.1 Å². The third-order valence-electron chi connectivity index (χ3n) is 3.83. The molecule has 1 aliphatic rings. The van der Waals surface area contributed by atoms with Crippen LogP contribution in [-0.2, 0) is 16.0 Å². The van der Waals surface area contributed by atoms with E-state index in [1.807, 2.05) is 19.9 Å². The minimum atomic E-state index is -0.474. The molecule has 0 radical (unpaired) electrons. The van der Waals surface area contributed by atoms with Crippen LogP contribution in [0.4, 0.5) is 4.39 Å². The van der Waals surface area contributed by atoms with Crippen LogP contribution in [0.5, 0.6) is 0 Å². The lowest BCUT2D eigenvalue weighted by Crippen LogP contribution is -2.23. The first-order chi connectivity index (χ1) is 11.4. The average Bonchev–Trinajstić information content (AvgIpc) is 2.52. The lowest BCUT2D eigenvalue weighted by molar-refractivity contribution is -0.139. The topological polar surface area (TPSA) is 72.0 Å². The van der Waals surface area contributed by atoms with Gasteiger partial charge in [-0.25, -0.2) is 9.18 Å². The summed E-state index contributed by atoms with van der Waals surface area (Å²) >= 11 is 0. The number of carbonyl (C=O) groups is 1. The monoisotopic (exact) mass is 332 g/mol. The summed E-state index contributed by atoms with van der Waals surface area (Å²) in [6.07, 6.45) is 8.46. The Morgan fingerprint density at radius 1 is 1.50 bits per heavy atom. The minimum Gasteiger partial charge on any atom is -0.469 e. The Labute approximate surface area is 140 Å². The average molecular weight is 332 g/mol. The third-order valence-corrected chi connectivity index (χ3v) is 3.83. The Morgan fingerprint density at radius 3 is 2.92 bits per heavy atom. The number of esters is 1. The molecule has 1 unspecified atom stereocenters. The molecule has 0 bridgehead atoms. The highest BCUT2D eigenvalue weighted by atomic mass is 19.1. The molecule has 1 aliphatic carbocycles. The number of carbonyl (C=O) groups excluding carboxylic acids is 1. The molecule has 128 valence electrons. The molecule has 1 aromatic rings. The molecule has 0 spiro atoms. The largest absolute Gasteiger partial charge is 0.469 e. The summed E-state index contributed by atoms with van der Waals surface area (Å²) in [7, 11) is 1.31. The van der Waals surface area contributed by atoms with Crippen molar-refractivity contribution >= 4 is 5.97 Å². The number of aromatic amines is 1. The third kappa shape index (κ3) is 4.28. The van der Waals surface area contributed by atoms with Crippen molar-refractivity contribution < 1.29 is 13.9 Å². The fourth-order valence-electron chi connectivity index (χ4n) is 2.67. The zero-order valence-corrected chi connectivity index (χ0v) is 14.0. The predicted octanol–water partition coefficient (Wildman–Crippen LogP) is 3.06. The second kappa shape index (κ2) is 7.86. The summed E-state index contributed by atoms with van der Waals surface area (Å²) in [6, 6.07) is 0. The Morgan fingerprint density at radius 2 is 2.25 bits per heavy atom. The summed E-state index contributed by atoms with van der Waals surface area (Å²) in [4.78, 5) is 30.5. The molecule has 1 heterocycles. The number of allylic oxidation sites excluding steroid dienone is 6. The Kier molecular flexibility index (Phi) is 5.84. The minimum absolute atomic E-state index is 0.00943. The van der Waals surface area contributed by atoms with Crippen molar-refractivity contribution in [2.75, 3.05) is 7.11 Å². The van der Waals surface area contributed by atoms with E-state index in [4.69, 9.17) is 4.74 Å². The van der Waals surface area contributed by atoms with Crippen LogP contribution in [0.25, 0.3) is 0 Å². The molecule has 0 saturated carbocycles. The van der Waals surface area contributed by atoms with Gasteiger partial charge in [0.05, 0.1) is 19.2 Å². The lowest BCUT2D eigenvalue weighted by atomic mass is 9.90. The number of H-pyrrole nitrogens is 1. The Bertz CT molecular complexity index is 760. The molecule has 1 atom stereocenters. The smallest absolute Gasteiger partial charge is 0.345 e. The zero-order chi connectivity index (χ0) is 17.7. The van der Waals surface area contributed by atoms with Gasteiger partial charge in [-0.3, -0.25) is 4.79 Å². The highest BCUT2D eigenvalue weighted by molar-refractivity contribution is 5.73. The predicted molar refractivity (Wildman–Crippen MR) is 89.5 cm³/mol. The fourth-order valence-corrected chi connectivity index (χ4v) is 2.67. The highest BCUT2D eigenvalue weighted by Gasteiger charge is 2.22. The maximum absolute atomic E-state index is 13.5. The molecule has 6 heteroatoms. The van der Waals surface area contributed by atoms with E-state index in [1.165, 1.54) is 19.3 Å². The van der Waals surface area contributed by atoms with E-state index in [-0.39, 0.29) is 24.1 Å². The SMILES string of the molecule is COC(=O)Cc1c(C(C)C)nc(=O)[nH]c1C1C=CC(F)=CC=CC1. The van der Waals surface area contributed by atoms with Gasteiger partial charge >= 0.3 is 11.7 Å². The number of hydrogen-bond acceptors (Lipinski definition) is 4. The van der Waals surface area contributed by atoms with Gasteiger partial charge in [0.1, 0.15) is 5.83 Å². The van der Waals surface area contributed by atoms with Crippen LogP contribution in [0, 0.1) is 0 Å². The van der Waals surface area contributed by atoms with Crippen molar-refractivity contribution in [3.63, 3.8) is 0 Å². The summed E-state index contributed by atoms with van der Waals surface area (Å²) in [5.41, 5.74) is 1.32. The number of halogens is 1. The second-order valence-corrected chi connectivity index (χ2v) is 5.91. The standard InChI is InChI=1S/C18H21FN2O3/c1-11(2)16-14(10-15(22)24-3)17(21-18(23)20-16)12-6-4-5-7-13(19)9-8-12/h4-5,7-9,11-12H,6,10H2,1-3H3,(H,20,21,23). The number of aromatic nitrogens is 2. The molecular weight excluding hydrogens is 311 g/mol. The number of rotatable bonds is 4.